The Morgan fingerprint density at radius 1 is 0.933 bits per heavy atom. The number of benzene rings is 1. The molecule has 6 heteroatoms. The van der Waals surface area contributed by atoms with E-state index in [0.29, 0.717) is 12.1 Å². The van der Waals surface area contributed by atoms with Crippen LogP contribution in [0.4, 0.5) is 0 Å². The lowest BCUT2D eigenvalue weighted by Gasteiger charge is -2.26. The van der Waals surface area contributed by atoms with Gasteiger partial charge in [-0.2, -0.15) is 0 Å². The molecule has 0 radical (unpaired) electrons. The molecule has 1 fully saturated rings. The maximum atomic E-state index is 12.8. The number of nitrogens with zero attached hydrogens (tertiary/aromatic N) is 4. The summed E-state index contributed by atoms with van der Waals surface area (Å²) >= 11 is 0. The van der Waals surface area contributed by atoms with Crippen LogP contribution in [0.1, 0.15) is 41.1 Å². The molecule has 150 valence electrons. The molecule has 30 heavy (non-hydrogen) atoms. The molecule has 1 aliphatic heterocycles. The van der Waals surface area contributed by atoms with E-state index in [9.17, 15) is 4.79 Å². The van der Waals surface area contributed by atoms with Crippen LogP contribution in [-0.4, -0.2) is 43.8 Å². The highest BCUT2D eigenvalue weighted by Gasteiger charge is 2.19. The topological polar surface area (TPSA) is 74.8 Å². The lowest BCUT2D eigenvalue weighted by molar-refractivity contribution is 0.0719. The Bertz CT molecular complexity index is 1180. The van der Waals surface area contributed by atoms with Crippen molar-refractivity contribution in [3.05, 3.63) is 78.0 Å². The first-order valence-electron chi connectivity index (χ1n) is 10.4. The fourth-order valence-corrected chi connectivity index (χ4v) is 4.00. The van der Waals surface area contributed by atoms with Gasteiger partial charge in [-0.1, -0.05) is 12.1 Å². The minimum Gasteiger partial charge on any atom is -0.351 e. The van der Waals surface area contributed by atoms with Crippen molar-refractivity contribution in [1.29, 1.82) is 0 Å². The molecule has 0 unspecified atom stereocenters. The fourth-order valence-electron chi connectivity index (χ4n) is 4.00. The van der Waals surface area contributed by atoms with Gasteiger partial charge in [0.05, 0.1) is 11.4 Å². The van der Waals surface area contributed by atoms with Crippen LogP contribution in [0.15, 0.2) is 60.9 Å². The second-order valence-electron chi connectivity index (χ2n) is 7.71. The van der Waals surface area contributed by atoms with Crippen molar-refractivity contribution in [2.75, 3.05) is 13.1 Å². The molecule has 1 aromatic carbocycles. The van der Waals surface area contributed by atoms with Crippen LogP contribution in [0.2, 0.25) is 0 Å². The van der Waals surface area contributed by atoms with Crippen molar-refractivity contribution in [2.45, 2.75) is 25.7 Å². The van der Waals surface area contributed by atoms with Crippen molar-refractivity contribution in [1.82, 2.24) is 24.8 Å². The zero-order valence-electron chi connectivity index (χ0n) is 16.7. The van der Waals surface area contributed by atoms with Crippen LogP contribution < -0.4 is 0 Å². The third kappa shape index (κ3) is 3.81. The van der Waals surface area contributed by atoms with Crippen molar-refractivity contribution in [3.63, 3.8) is 0 Å². The zero-order valence-corrected chi connectivity index (χ0v) is 16.7. The van der Waals surface area contributed by atoms with Crippen LogP contribution in [0, 0.1) is 0 Å². The molecule has 0 bridgehead atoms. The number of piperidine rings is 1. The third-order valence-corrected chi connectivity index (χ3v) is 5.55. The highest BCUT2D eigenvalue weighted by atomic mass is 16.2. The van der Waals surface area contributed by atoms with Gasteiger partial charge in [-0.25, -0.2) is 9.97 Å². The summed E-state index contributed by atoms with van der Waals surface area (Å²) < 4.78 is 0. The first kappa shape index (κ1) is 18.5. The smallest absolute Gasteiger partial charge is 0.270 e. The predicted octanol–water partition coefficient (Wildman–Crippen LogP) is 4.24. The largest absolute Gasteiger partial charge is 0.351 e. The van der Waals surface area contributed by atoms with Gasteiger partial charge in [0.1, 0.15) is 11.5 Å². The van der Waals surface area contributed by atoms with Crippen molar-refractivity contribution < 1.29 is 4.79 Å². The van der Waals surface area contributed by atoms with Gasteiger partial charge >= 0.3 is 0 Å². The van der Waals surface area contributed by atoms with E-state index in [1.807, 2.05) is 41.3 Å². The summed E-state index contributed by atoms with van der Waals surface area (Å²) in [6, 6.07) is 15.8. The maximum Gasteiger partial charge on any atom is 0.270 e. The highest BCUT2D eigenvalue weighted by Crippen LogP contribution is 2.21. The fraction of sp³-hybridized carbons (Fsp3) is 0.250. The van der Waals surface area contributed by atoms with Crippen LogP contribution in [0.3, 0.4) is 0 Å². The van der Waals surface area contributed by atoms with E-state index in [-0.39, 0.29) is 5.91 Å². The van der Waals surface area contributed by atoms with E-state index in [0.717, 1.165) is 59.6 Å². The molecule has 4 heterocycles. The number of carbonyl (C=O) groups excluding carboxylic acids is 1. The van der Waals surface area contributed by atoms with Gasteiger partial charge < -0.3 is 9.88 Å². The third-order valence-electron chi connectivity index (χ3n) is 5.55. The second-order valence-corrected chi connectivity index (χ2v) is 7.71. The first-order valence-corrected chi connectivity index (χ1v) is 10.4. The molecule has 3 aromatic heterocycles. The van der Waals surface area contributed by atoms with E-state index in [1.54, 1.807) is 12.4 Å². The molecule has 4 aromatic rings. The SMILES string of the molecule is O=C(c1cc2cc(Cc3nccc(-c4ccccn4)n3)ccc2[nH]1)N1CCCCC1. The summed E-state index contributed by atoms with van der Waals surface area (Å²) in [6.45, 7) is 1.70. The zero-order chi connectivity index (χ0) is 20.3. The number of likely N-dealkylation sites (tertiary alicyclic amines) is 1. The first-order chi connectivity index (χ1) is 14.8. The molecule has 0 saturated carbocycles. The lowest BCUT2D eigenvalue weighted by Crippen LogP contribution is -2.35. The van der Waals surface area contributed by atoms with Crippen molar-refractivity contribution in [2.24, 2.45) is 0 Å². The summed E-state index contributed by atoms with van der Waals surface area (Å²) in [7, 11) is 0. The number of nitrogens with one attached hydrogen (secondary N) is 1. The number of amides is 1. The predicted molar refractivity (Wildman–Crippen MR) is 116 cm³/mol. The van der Waals surface area contributed by atoms with Gasteiger partial charge in [0, 0.05) is 42.8 Å². The maximum absolute atomic E-state index is 12.8. The Kier molecular flexibility index (Phi) is 4.97. The summed E-state index contributed by atoms with van der Waals surface area (Å²) in [6.07, 6.45) is 7.55. The van der Waals surface area contributed by atoms with E-state index in [2.05, 4.69) is 32.1 Å². The van der Waals surface area contributed by atoms with Crippen LogP contribution in [0.5, 0.6) is 0 Å². The Balaban J connectivity index is 1.37. The average Bonchev–Trinajstić information content (AvgIpc) is 3.23. The normalized spacial score (nSPS) is 14.2. The summed E-state index contributed by atoms with van der Waals surface area (Å²) in [5.41, 5.74) is 4.40. The number of fused-ring (bicyclic) bond motifs is 1. The number of hydrogen-bond donors (Lipinski definition) is 1. The number of H-pyrrole nitrogens is 1. The van der Waals surface area contributed by atoms with Gasteiger partial charge in [0.2, 0.25) is 0 Å². The molecule has 0 aliphatic carbocycles. The Morgan fingerprint density at radius 2 is 1.83 bits per heavy atom. The van der Waals surface area contributed by atoms with Gasteiger partial charge in [-0.3, -0.25) is 9.78 Å². The molecule has 0 spiro atoms. The molecule has 0 atom stereocenters. The van der Waals surface area contributed by atoms with E-state index in [1.165, 1.54) is 6.42 Å². The molecular weight excluding hydrogens is 374 g/mol. The van der Waals surface area contributed by atoms with E-state index < -0.39 is 0 Å². The minimum absolute atomic E-state index is 0.0962. The Hall–Kier alpha value is -3.54. The van der Waals surface area contributed by atoms with Crippen molar-refractivity contribution >= 4 is 16.8 Å². The van der Waals surface area contributed by atoms with Gasteiger partial charge in [0.25, 0.3) is 5.91 Å². The number of aromatic nitrogens is 4. The molecule has 1 saturated heterocycles. The quantitative estimate of drug-likeness (QED) is 0.559. The summed E-state index contributed by atoms with van der Waals surface area (Å²) in [4.78, 5) is 31.5. The highest BCUT2D eigenvalue weighted by molar-refractivity contribution is 5.98. The van der Waals surface area contributed by atoms with Gasteiger partial charge in [-0.05, 0) is 61.2 Å². The molecule has 1 aliphatic rings. The number of rotatable bonds is 4. The lowest BCUT2D eigenvalue weighted by atomic mass is 10.1. The minimum atomic E-state index is 0.0962. The Morgan fingerprint density at radius 3 is 2.67 bits per heavy atom. The molecule has 1 N–H and O–H groups in total. The average molecular weight is 397 g/mol. The van der Waals surface area contributed by atoms with E-state index >= 15 is 0 Å². The molecular formula is C24H23N5O. The van der Waals surface area contributed by atoms with Gasteiger partial charge in [0.15, 0.2) is 0 Å². The molecule has 6 nitrogen and oxygen atoms in total. The number of carbonyl (C=O) groups is 1. The van der Waals surface area contributed by atoms with E-state index in [4.69, 9.17) is 0 Å². The summed E-state index contributed by atoms with van der Waals surface area (Å²) in [5.74, 6) is 0.844. The van der Waals surface area contributed by atoms with Crippen molar-refractivity contribution in [3.8, 4) is 11.4 Å². The standard InChI is InChI=1S/C24H23N5O/c30-24(29-12-4-1-5-13-29)22-16-18-14-17(7-8-19(18)27-22)15-23-26-11-9-21(28-23)20-6-2-3-10-25-20/h2-3,6-11,14,16,27H,1,4-5,12-13,15H2. The summed E-state index contributed by atoms with van der Waals surface area (Å²) in [5, 5.41) is 1.04. The number of pyridine rings is 1. The van der Waals surface area contributed by atoms with Crippen LogP contribution in [-0.2, 0) is 6.42 Å². The second kappa shape index (κ2) is 8.06. The molecule has 1 amide bonds. The Labute approximate surface area is 175 Å². The molecule has 5 rings (SSSR count). The number of hydrogen-bond acceptors (Lipinski definition) is 4. The monoisotopic (exact) mass is 397 g/mol. The van der Waals surface area contributed by atoms with Crippen LogP contribution >= 0.6 is 0 Å². The number of aromatic amines is 1. The van der Waals surface area contributed by atoms with Crippen LogP contribution in [0.25, 0.3) is 22.3 Å². The van der Waals surface area contributed by atoms with Gasteiger partial charge in [-0.15, -0.1) is 0 Å².